The van der Waals surface area contributed by atoms with E-state index in [2.05, 4.69) is 22.5 Å². The molecule has 1 saturated heterocycles. The number of phenolic OH excluding ortho intramolecular Hbond substituents is 1. The van der Waals surface area contributed by atoms with Gasteiger partial charge in [-0.15, -0.1) is 6.58 Å². The van der Waals surface area contributed by atoms with Crippen molar-refractivity contribution in [1.82, 2.24) is 15.5 Å². The third-order valence-electron chi connectivity index (χ3n) is 4.15. The number of nitrogens with zero attached hydrogens (tertiary/aromatic N) is 1. The second kappa shape index (κ2) is 9.57. The monoisotopic (exact) mass is 360 g/mol. The molecule has 8 nitrogen and oxygen atoms in total. The number of hydrogen-bond acceptors (Lipinski definition) is 5. The second-order valence-corrected chi connectivity index (χ2v) is 6.10. The van der Waals surface area contributed by atoms with Crippen LogP contribution in [-0.4, -0.2) is 54.0 Å². The second-order valence-electron chi connectivity index (χ2n) is 6.10. The lowest BCUT2D eigenvalue weighted by atomic mass is 9.95. The number of likely N-dealkylation sites (tertiary alicyclic amines) is 1. The quantitative estimate of drug-likeness (QED) is 0.448. The number of carbonyl (C=O) groups excluding carboxylic acids is 3. The van der Waals surface area contributed by atoms with Crippen molar-refractivity contribution in [3.05, 3.63) is 36.9 Å². The van der Waals surface area contributed by atoms with E-state index < -0.39 is 6.03 Å². The van der Waals surface area contributed by atoms with Crippen molar-refractivity contribution in [1.29, 1.82) is 0 Å². The molecule has 1 fully saturated rings. The highest BCUT2D eigenvalue weighted by molar-refractivity contribution is 5.95. The summed E-state index contributed by atoms with van der Waals surface area (Å²) in [7, 11) is 0. The van der Waals surface area contributed by atoms with Crippen LogP contribution in [0, 0.1) is 5.92 Å². The molecule has 0 spiro atoms. The molecular formula is C18H24N4O4. The van der Waals surface area contributed by atoms with E-state index in [1.807, 2.05) is 4.90 Å². The highest BCUT2D eigenvalue weighted by atomic mass is 16.3. The SMILES string of the molecule is C=CCNC(=O)NC(=O)CN1CCC(C(=O)Nc2ccccc2O)CC1. The fraction of sp³-hybridized carbons (Fsp3) is 0.389. The first-order valence-electron chi connectivity index (χ1n) is 8.49. The average molecular weight is 360 g/mol. The van der Waals surface area contributed by atoms with Gasteiger partial charge in [0.1, 0.15) is 5.75 Å². The van der Waals surface area contributed by atoms with Crippen LogP contribution >= 0.6 is 0 Å². The number of nitrogens with one attached hydrogen (secondary N) is 3. The number of aromatic hydroxyl groups is 1. The molecule has 1 aliphatic heterocycles. The van der Waals surface area contributed by atoms with Crippen LogP contribution < -0.4 is 16.0 Å². The number of anilines is 1. The molecule has 8 heteroatoms. The lowest BCUT2D eigenvalue weighted by Gasteiger charge is -2.30. The first-order valence-corrected chi connectivity index (χ1v) is 8.49. The standard InChI is InChI=1S/C18H24N4O4/c1-2-9-19-18(26)21-16(24)12-22-10-7-13(8-11-22)17(25)20-14-5-3-4-6-15(14)23/h2-6,13,23H,1,7-12H2,(H,20,25)(H2,19,21,24,26). The number of imide groups is 1. The summed E-state index contributed by atoms with van der Waals surface area (Å²) in [5, 5.41) is 17.2. The topological polar surface area (TPSA) is 111 Å². The van der Waals surface area contributed by atoms with E-state index >= 15 is 0 Å². The van der Waals surface area contributed by atoms with E-state index in [0.717, 1.165) is 0 Å². The Morgan fingerprint density at radius 3 is 2.58 bits per heavy atom. The summed E-state index contributed by atoms with van der Waals surface area (Å²) in [4.78, 5) is 37.5. The molecule has 0 saturated carbocycles. The van der Waals surface area contributed by atoms with E-state index in [4.69, 9.17) is 0 Å². The van der Waals surface area contributed by atoms with E-state index in [-0.39, 0.29) is 36.6 Å². The van der Waals surface area contributed by atoms with Crippen molar-refractivity contribution >= 4 is 23.5 Å². The predicted molar refractivity (Wildman–Crippen MR) is 97.6 cm³/mol. The number of amides is 4. The fourth-order valence-electron chi connectivity index (χ4n) is 2.75. The Balaban J connectivity index is 1.73. The summed E-state index contributed by atoms with van der Waals surface area (Å²) in [6, 6.07) is 6.03. The van der Waals surface area contributed by atoms with Gasteiger partial charge in [-0.2, -0.15) is 0 Å². The van der Waals surface area contributed by atoms with Gasteiger partial charge in [0.25, 0.3) is 0 Å². The Bertz CT molecular complexity index is 669. The van der Waals surface area contributed by atoms with E-state index in [1.54, 1.807) is 18.2 Å². The molecule has 4 N–H and O–H groups in total. The van der Waals surface area contributed by atoms with Crippen molar-refractivity contribution in [2.45, 2.75) is 12.8 Å². The Labute approximate surface area is 152 Å². The number of carbonyl (C=O) groups is 3. The first-order chi connectivity index (χ1) is 12.5. The molecule has 140 valence electrons. The molecule has 2 rings (SSSR count). The fourth-order valence-corrected chi connectivity index (χ4v) is 2.75. The zero-order valence-electron chi connectivity index (χ0n) is 14.5. The number of piperidine rings is 1. The lowest BCUT2D eigenvalue weighted by molar-refractivity contribution is -0.122. The normalized spacial score (nSPS) is 15.1. The van der Waals surface area contributed by atoms with Crippen LogP contribution in [-0.2, 0) is 9.59 Å². The molecule has 26 heavy (non-hydrogen) atoms. The molecule has 1 aromatic carbocycles. The van der Waals surface area contributed by atoms with Crippen LogP contribution in [0.4, 0.5) is 10.5 Å². The number of rotatable bonds is 6. The highest BCUT2D eigenvalue weighted by Gasteiger charge is 2.26. The number of urea groups is 1. The average Bonchev–Trinajstić information content (AvgIpc) is 2.62. The summed E-state index contributed by atoms with van der Waals surface area (Å²) in [6.07, 6.45) is 2.74. The maximum absolute atomic E-state index is 12.3. The number of phenols is 1. The molecule has 0 radical (unpaired) electrons. The number of benzene rings is 1. The molecule has 4 amide bonds. The third kappa shape index (κ3) is 5.89. The van der Waals surface area contributed by atoms with Crippen molar-refractivity contribution in [2.75, 3.05) is 31.5 Å². The van der Waals surface area contributed by atoms with Gasteiger partial charge in [0, 0.05) is 12.5 Å². The molecule has 1 heterocycles. The summed E-state index contributed by atoms with van der Waals surface area (Å²) in [6.45, 7) is 5.04. The summed E-state index contributed by atoms with van der Waals surface area (Å²) in [5.41, 5.74) is 0.393. The summed E-state index contributed by atoms with van der Waals surface area (Å²) < 4.78 is 0. The zero-order valence-corrected chi connectivity index (χ0v) is 14.5. The first kappa shape index (κ1) is 19.5. The van der Waals surface area contributed by atoms with Crippen LogP contribution in [0.15, 0.2) is 36.9 Å². The van der Waals surface area contributed by atoms with E-state index in [1.165, 1.54) is 12.1 Å². The van der Waals surface area contributed by atoms with Crippen LogP contribution in [0.2, 0.25) is 0 Å². The van der Waals surface area contributed by atoms with Gasteiger partial charge in [-0.3, -0.25) is 19.8 Å². The summed E-state index contributed by atoms with van der Waals surface area (Å²) >= 11 is 0. The van der Waals surface area contributed by atoms with Gasteiger partial charge in [0.15, 0.2) is 0 Å². The minimum absolute atomic E-state index is 0.0321. The maximum Gasteiger partial charge on any atom is 0.321 e. The summed E-state index contributed by atoms with van der Waals surface area (Å²) in [5.74, 6) is -0.669. The lowest BCUT2D eigenvalue weighted by Crippen LogP contribution is -2.47. The zero-order chi connectivity index (χ0) is 18.9. The minimum Gasteiger partial charge on any atom is -0.506 e. The van der Waals surface area contributed by atoms with Gasteiger partial charge < -0.3 is 15.7 Å². The molecule has 0 aromatic heterocycles. The predicted octanol–water partition coefficient (Wildman–Crippen LogP) is 1.05. The highest BCUT2D eigenvalue weighted by Crippen LogP contribution is 2.24. The molecule has 0 unspecified atom stereocenters. The molecule has 0 bridgehead atoms. The Hall–Kier alpha value is -2.87. The van der Waals surface area contributed by atoms with E-state index in [0.29, 0.717) is 31.6 Å². The van der Waals surface area contributed by atoms with Crippen LogP contribution in [0.3, 0.4) is 0 Å². The van der Waals surface area contributed by atoms with Gasteiger partial charge in [-0.1, -0.05) is 18.2 Å². The molecule has 1 aliphatic rings. The number of para-hydroxylation sites is 2. The van der Waals surface area contributed by atoms with Crippen LogP contribution in [0.25, 0.3) is 0 Å². The Morgan fingerprint density at radius 2 is 1.92 bits per heavy atom. The smallest absolute Gasteiger partial charge is 0.321 e. The van der Waals surface area contributed by atoms with Crippen molar-refractivity contribution in [3.63, 3.8) is 0 Å². The largest absolute Gasteiger partial charge is 0.506 e. The molecule has 1 aromatic rings. The molecular weight excluding hydrogens is 336 g/mol. The van der Waals surface area contributed by atoms with Gasteiger partial charge in [-0.05, 0) is 38.1 Å². The van der Waals surface area contributed by atoms with Gasteiger partial charge >= 0.3 is 6.03 Å². The van der Waals surface area contributed by atoms with Gasteiger partial charge in [0.2, 0.25) is 11.8 Å². The van der Waals surface area contributed by atoms with Crippen molar-refractivity contribution in [3.8, 4) is 5.75 Å². The van der Waals surface area contributed by atoms with Crippen LogP contribution in [0.1, 0.15) is 12.8 Å². The molecule has 0 atom stereocenters. The van der Waals surface area contributed by atoms with Crippen LogP contribution in [0.5, 0.6) is 5.75 Å². The van der Waals surface area contributed by atoms with Crippen molar-refractivity contribution in [2.24, 2.45) is 5.92 Å². The third-order valence-corrected chi connectivity index (χ3v) is 4.15. The van der Waals surface area contributed by atoms with Gasteiger partial charge in [-0.25, -0.2) is 4.79 Å². The Morgan fingerprint density at radius 1 is 1.23 bits per heavy atom. The molecule has 0 aliphatic carbocycles. The maximum atomic E-state index is 12.3. The van der Waals surface area contributed by atoms with Crippen molar-refractivity contribution < 1.29 is 19.5 Å². The minimum atomic E-state index is -0.549. The Kier molecular flexibility index (Phi) is 7.16. The van der Waals surface area contributed by atoms with E-state index in [9.17, 15) is 19.5 Å². The number of hydrogen-bond donors (Lipinski definition) is 4. The van der Waals surface area contributed by atoms with Gasteiger partial charge in [0.05, 0.1) is 12.2 Å².